The van der Waals surface area contributed by atoms with Crippen LogP contribution in [0.1, 0.15) is 40.0 Å². The minimum Gasteiger partial charge on any atom is -0.444 e. The number of nitrogens with zero attached hydrogens (tertiary/aromatic N) is 1. The van der Waals surface area contributed by atoms with E-state index in [1.807, 2.05) is 20.8 Å². The zero-order valence-corrected chi connectivity index (χ0v) is 11.4. The molecule has 1 spiro atoms. The predicted molar refractivity (Wildman–Crippen MR) is 67.4 cm³/mol. The SMILES string of the molecule is CC(C)(C)OC(=O)N1CCC2(CC1)NCCC2=O. The first kappa shape index (κ1) is 13.3. The van der Waals surface area contributed by atoms with Crippen molar-refractivity contribution >= 4 is 11.9 Å². The van der Waals surface area contributed by atoms with Gasteiger partial charge in [0.1, 0.15) is 5.60 Å². The quantitative estimate of drug-likeness (QED) is 0.708. The maximum atomic E-state index is 11.9. The third kappa shape index (κ3) is 2.66. The maximum absolute atomic E-state index is 11.9. The third-order valence-electron chi connectivity index (χ3n) is 3.62. The van der Waals surface area contributed by atoms with Gasteiger partial charge in [0, 0.05) is 26.1 Å². The van der Waals surface area contributed by atoms with Gasteiger partial charge in [-0.25, -0.2) is 4.79 Å². The van der Waals surface area contributed by atoms with Crippen LogP contribution < -0.4 is 5.32 Å². The number of carbonyl (C=O) groups is 2. The van der Waals surface area contributed by atoms with Crippen LogP contribution >= 0.6 is 0 Å². The van der Waals surface area contributed by atoms with Gasteiger partial charge >= 0.3 is 6.09 Å². The van der Waals surface area contributed by atoms with Crippen LogP contribution in [0, 0.1) is 0 Å². The average molecular weight is 254 g/mol. The maximum Gasteiger partial charge on any atom is 0.410 e. The summed E-state index contributed by atoms with van der Waals surface area (Å²) in [6.45, 7) is 7.53. The Hall–Kier alpha value is -1.10. The highest BCUT2D eigenvalue weighted by Crippen LogP contribution is 2.28. The first-order chi connectivity index (χ1) is 8.32. The topological polar surface area (TPSA) is 58.6 Å². The number of carbonyl (C=O) groups excluding carboxylic acids is 2. The van der Waals surface area contributed by atoms with Crippen molar-refractivity contribution in [3.8, 4) is 0 Å². The summed E-state index contributed by atoms with van der Waals surface area (Å²) in [5.41, 5.74) is -0.827. The molecule has 0 aromatic carbocycles. The Morgan fingerprint density at radius 2 is 1.94 bits per heavy atom. The van der Waals surface area contributed by atoms with Gasteiger partial charge in [0.25, 0.3) is 0 Å². The van der Waals surface area contributed by atoms with E-state index in [9.17, 15) is 9.59 Å². The molecule has 2 saturated heterocycles. The molecule has 0 aromatic heterocycles. The summed E-state index contributed by atoms with van der Waals surface area (Å²) in [4.78, 5) is 25.5. The number of piperidine rings is 1. The van der Waals surface area contributed by atoms with Crippen molar-refractivity contribution in [2.45, 2.75) is 51.2 Å². The number of hydrogen-bond donors (Lipinski definition) is 1. The highest BCUT2D eigenvalue weighted by Gasteiger charge is 2.44. The lowest BCUT2D eigenvalue weighted by Gasteiger charge is -2.38. The van der Waals surface area contributed by atoms with Crippen molar-refractivity contribution in [2.75, 3.05) is 19.6 Å². The largest absolute Gasteiger partial charge is 0.444 e. The molecule has 0 bridgehead atoms. The van der Waals surface area contributed by atoms with E-state index in [-0.39, 0.29) is 11.6 Å². The van der Waals surface area contributed by atoms with E-state index >= 15 is 0 Å². The normalized spacial score (nSPS) is 23.5. The molecule has 0 saturated carbocycles. The fraction of sp³-hybridized carbons (Fsp3) is 0.846. The molecule has 0 atom stereocenters. The van der Waals surface area contributed by atoms with Crippen molar-refractivity contribution in [2.24, 2.45) is 0 Å². The smallest absolute Gasteiger partial charge is 0.410 e. The van der Waals surface area contributed by atoms with Gasteiger partial charge in [-0.15, -0.1) is 0 Å². The second-order valence-electron chi connectivity index (χ2n) is 6.15. The van der Waals surface area contributed by atoms with E-state index in [0.717, 1.165) is 6.54 Å². The molecule has 2 aliphatic heterocycles. The van der Waals surface area contributed by atoms with E-state index in [4.69, 9.17) is 4.74 Å². The number of likely N-dealkylation sites (tertiary alicyclic amines) is 1. The van der Waals surface area contributed by atoms with Crippen LogP contribution in [-0.2, 0) is 9.53 Å². The fourth-order valence-corrected chi connectivity index (χ4v) is 2.61. The molecule has 0 aliphatic carbocycles. The number of Topliss-reactive ketones (excluding diaryl/α,β-unsaturated/α-hetero) is 1. The third-order valence-corrected chi connectivity index (χ3v) is 3.62. The summed E-state index contributed by atoms with van der Waals surface area (Å²) >= 11 is 0. The zero-order valence-electron chi connectivity index (χ0n) is 11.4. The van der Waals surface area contributed by atoms with Gasteiger partial charge in [0.2, 0.25) is 0 Å². The monoisotopic (exact) mass is 254 g/mol. The summed E-state index contributed by atoms with van der Waals surface area (Å²) < 4.78 is 5.34. The first-order valence-corrected chi connectivity index (χ1v) is 6.59. The van der Waals surface area contributed by atoms with Gasteiger partial charge in [-0.05, 0) is 33.6 Å². The molecule has 5 heteroatoms. The molecule has 102 valence electrons. The van der Waals surface area contributed by atoms with Crippen molar-refractivity contribution in [1.29, 1.82) is 0 Å². The van der Waals surface area contributed by atoms with Crippen molar-refractivity contribution in [3.63, 3.8) is 0 Å². The molecule has 5 nitrogen and oxygen atoms in total. The lowest BCUT2D eigenvalue weighted by molar-refractivity contribution is -0.124. The standard InChI is InChI=1S/C13H22N2O3/c1-12(2,3)18-11(17)15-8-5-13(6-9-15)10(16)4-7-14-13/h14H,4-9H2,1-3H3. The second-order valence-corrected chi connectivity index (χ2v) is 6.15. The lowest BCUT2D eigenvalue weighted by atomic mass is 9.85. The molecule has 2 aliphatic rings. The summed E-state index contributed by atoms with van der Waals surface area (Å²) in [6.07, 6.45) is 1.74. The van der Waals surface area contributed by atoms with Crippen molar-refractivity contribution in [1.82, 2.24) is 10.2 Å². The molecule has 0 unspecified atom stereocenters. The van der Waals surface area contributed by atoms with Gasteiger partial charge < -0.3 is 15.0 Å². The van der Waals surface area contributed by atoms with Gasteiger partial charge in [-0.3, -0.25) is 4.79 Å². The Bertz CT molecular complexity index is 352. The Morgan fingerprint density at radius 3 is 2.39 bits per heavy atom. The summed E-state index contributed by atoms with van der Waals surface area (Å²) in [5, 5.41) is 3.30. The molecule has 1 amide bonds. The van der Waals surface area contributed by atoms with Crippen molar-refractivity contribution < 1.29 is 14.3 Å². The average Bonchev–Trinajstić information content (AvgIpc) is 2.59. The van der Waals surface area contributed by atoms with E-state index in [1.165, 1.54) is 0 Å². The molecule has 0 radical (unpaired) electrons. The lowest BCUT2D eigenvalue weighted by Crippen LogP contribution is -2.55. The molecular formula is C13H22N2O3. The zero-order chi connectivity index (χ0) is 13.4. The Kier molecular flexibility index (Phi) is 3.36. The van der Waals surface area contributed by atoms with Crippen LogP contribution in [0.4, 0.5) is 4.79 Å². The van der Waals surface area contributed by atoms with E-state index in [2.05, 4.69) is 5.32 Å². The first-order valence-electron chi connectivity index (χ1n) is 6.59. The number of ketones is 1. The molecule has 2 heterocycles. The summed E-state index contributed by atoms with van der Waals surface area (Å²) in [7, 11) is 0. The molecule has 18 heavy (non-hydrogen) atoms. The minimum absolute atomic E-state index is 0.275. The number of amides is 1. The van der Waals surface area contributed by atoms with E-state index in [1.54, 1.807) is 4.90 Å². The number of ether oxygens (including phenoxy) is 1. The highest BCUT2D eigenvalue weighted by molar-refractivity contribution is 5.91. The van der Waals surface area contributed by atoms with Crippen LogP contribution in [0.3, 0.4) is 0 Å². The Labute approximate surface area is 108 Å². The van der Waals surface area contributed by atoms with Crippen LogP contribution in [0.5, 0.6) is 0 Å². The molecule has 2 rings (SSSR count). The van der Waals surface area contributed by atoms with Gasteiger partial charge in [-0.1, -0.05) is 0 Å². The predicted octanol–water partition coefficient (Wildman–Crippen LogP) is 1.32. The summed E-state index contributed by atoms with van der Waals surface area (Å²) in [5.74, 6) is 0.298. The number of rotatable bonds is 0. The van der Waals surface area contributed by atoms with Gasteiger partial charge in [0.05, 0.1) is 5.54 Å². The van der Waals surface area contributed by atoms with Crippen LogP contribution in [-0.4, -0.2) is 47.6 Å². The number of nitrogens with one attached hydrogen (secondary N) is 1. The van der Waals surface area contributed by atoms with E-state index in [0.29, 0.717) is 38.1 Å². The number of hydrogen-bond acceptors (Lipinski definition) is 4. The molecule has 2 fully saturated rings. The second kappa shape index (κ2) is 4.53. The molecule has 0 aromatic rings. The molecule has 1 N–H and O–H groups in total. The van der Waals surface area contributed by atoms with E-state index < -0.39 is 5.60 Å². The fourth-order valence-electron chi connectivity index (χ4n) is 2.61. The Balaban J connectivity index is 1.91. The highest BCUT2D eigenvalue weighted by atomic mass is 16.6. The van der Waals surface area contributed by atoms with Crippen LogP contribution in [0.25, 0.3) is 0 Å². The molecular weight excluding hydrogens is 232 g/mol. The van der Waals surface area contributed by atoms with Crippen LogP contribution in [0.2, 0.25) is 0 Å². The minimum atomic E-state index is -0.465. The van der Waals surface area contributed by atoms with Crippen LogP contribution in [0.15, 0.2) is 0 Å². The Morgan fingerprint density at radius 1 is 1.33 bits per heavy atom. The van der Waals surface area contributed by atoms with Gasteiger partial charge in [0.15, 0.2) is 5.78 Å². The summed E-state index contributed by atoms with van der Waals surface area (Å²) in [6, 6.07) is 0. The van der Waals surface area contributed by atoms with Gasteiger partial charge in [-0.2, -0.15) is 0 Å². The van der Waals surface area contributed by atoms with Crippen molar-refractivity contribution in [3.05, 3.63) is 0 Å².